The van der Waals surface area contributed by atoms with Gasteiger partial charge in [-0.15, -0.1) is 0 Å². The van der Waals surface area contributed by atoms with Crippen LogP contribution in [0.25, 0.3) is 0 Å². The minimum Gasteiger partial charge on any atom is -0.396 e. The van der Waals surface area contributed by atoms with Gasteiger partial charge in [0.1, 0.15) is 0 Å². The van der Waals surface area contributed by atoms with E-state index in [4.69, 9.17) is 22.4 Å². The Morgan fingerprint density at radius 2 is 2.30 bits per heavy atom. The number of nitrogens with two attached hydrogens (primary N) is 1. The number of likely N-dealkylation sites (tertiary alicyclic amines) is 1. The number of rotatable bonds is 7. The first-order valence-electron chi connectivity index (χ1n) is 7.56. The lowest BCUT2D eigenvalue weighted by atomic mass is 10.0. The maximum absolute atomic E-state index is 8.95. The Labute approximate surface area is 126 Å². The van der Waals surface area contributed by atoms with Crippen molar-refractivity contribution in [3.8, 4) is 0 Å². The molecule has 3 N–H and O–H groups in total. The number of nitrogens with zero attached hydrogens (tertiary/aromatic N) is 1. The Bertz CT molecular complexity index is 413. The third-order valence-electron chi connectivity index (χ3n) is 4.20. The molecule has 0 bridgehead atoms. The number of aliphatic hydroxyl groups excluding tert-OH is 1. The molecule has 0 aromatic heterocycles. The lowest BCUT2D eigenvalue weighted by Gasteiger charge is -2.25. The van der Waals surface area contributed by atoms with Gasteiger partial charge in [-0.1, -0.05) is 23.7 Å². The number of hydrogen-bond donors (Lipinski definition) is 2. The molecular formula is C16H25ClN2O. The first-order valence-corrected chi connectivity index (χ1v) is 7.94. The molecule has 0 aliphatic carbocycles. The van der Waals surface area contributed by atoms with E-state index in [9.17, 15) is 0 Å². The summed E-state index contributed by atoms with van der Waals surface area (Å²) < 4.78 is 0. The van der Waals surface area contributed by atoms with E-state index in [0.29, 0.717) is 12.6 Å². The molecule has 1 fully saturated rings. The van der Waals surface area contributed by atoms with Gasteiger partial charge in [0.25, 0.3) is 0 Å². The lowest BCUT2D eigenvalue weighted by molar-refractivity contribution is 0.211. The van der Waals surface area contributed by atoms with Crippen LogP contribution in [0.3, 0.4) is 0 Å². The Kier molecular flexibility index (Phi) is 6.30. The predicted molar refractivity (Wildman–Crippen MR) is 83.9 cm³/mol. The van der Waals surface area contributed by atoms with Crippen molar-refractivity contribution in [1.29, 1.82) is 0 Å². The predicted octanol–water partition coefficient (Wildman–Crippen LogP) is 2.97. The van der Waals surface area contributed by atoms with Crippen molar-refractivity contribution in [1.82, 2.24) is 4.90 Å². The summed E-state index contributed by atoms with van der Waals surface area (Å²) in [4.78, 5) is 2.53. The summed E-state index contributed by atoms with van der Waals surface area (Å²) in [6, 6.07) is 8.52. The molecule has 0 saturated carbocycles. The van der Waals surface area contributed by atoms with Crippen molar-refractivity contribution in [3.63, 3.8) is 0 Å². The Hall–Kier alpha value is -0.610. The highest BCUT2D eigenvalue weighted by atomic mass is 35.5. The van der Waals surface area contributed by atoms with Crippen LogP contribution in [0.1, 0.15) is 43.7 Å². The van der Waals surface area contributed by atoms with E-state index in [2.05, 4.69) is 4.90 Å². The van der Waals surface area contributed by atoms with E-state index >= 15 is 0 Å². The topological polar surface area (TPSA) is 49.5 Å². The third kappa shape index (κ3) is 4.45. The van der Waals surface area contributed by atoms with Gasteiger partial charge in [-0.3, -0.25) is 0 Å². The quantitative estimate of drug-likeness (QED) is 0.813. The first kappa shape index (κ1) is 15.8. The smallest absolute Gasteiger partial charge is 0.0431 e. The summed E-state index contributed by atoms with van der Waals surface area (Å²) in [5.41, 5.74) is 7.38. The van der Waals surface area contributed by atoms with Crippen LogP contribution in [0.15, 0.2) is 24.3 Å². The van der Waals surface area contributed by atoms with Crippen LogP contribution in [0.4, 0.5) is 0 Å². The van der Waals surface area contributed by atoms with Gasteiger partial charge in [0.2, 0.25) is 0 Å². The molecule has 1 aromatic rings. The summed E-state index contributed by atoms with van der Waals surface area (Å²) in [5, 5.41) is 9.70. The molecule has 1 aliphatic rings. The highest BCUT2D eigenvalue weighted by Crippen LogP contribution is 2.24. The second kappa shape index (κ2) is 7.99. The molecule has 1 heterocycles. The highest BCUT2D eigenvalue weighted by molar-refractivity contribution is 6.30. The van der Waals surface area contributed by atoms with Crippen molar-refractivity contribution in [2.45, 2.75) is 44.2 Å². The summed E-state index contributed by atoms with van der Waals surface area (Å²) in [6.45, 7) is 2.49. The molecule has 0 radical (unpaired) electrons. The summed E-state index contributed by atoms with van der Waals surface area (Å²) >= 11 is 6.01. The Morgan fingerprint density at radius 3 is 3.05 bits per heavy atom. The van der Waals surface area contributed by atoms with Gasteiger partial charge >= 0.3 is 0 Å². The fraction of sp³-hybridized carbons (Fsp3) is 0.625. The molecule has 2 atom stereocenters. The minimum atomic E-state index is 0.0489. The largest absolute Gasteiger partial charge is 0.396 e. The van der Waals surface area contributed by atoms with Gasteiger partial charge in [-0.05, 0) is 56.3 Å². The molecule has 1 aliphatic heterocycles. The summed E-state index contributed by atoms with van der Waals surface area (Å²) in [6.07, 6.45) is 5.48. The van der Waals surface area contributed by atoms with Gasteiger partial charge < -0.3 is 15.7 Å². The maximum Gasteiger partial charge on any atom is 0.0431 e. The molecule has 0 spiro atoms. The van der Waals surface area contributed by atoms with Crippen molar-refractivity contribution >= 4 is 11.6 Å². The van der Waals surface area contributed by atoms with E-state index < -0.39 is 0 Å². The zero-order chi connectivity index (χ0) is 14.4. The van der Waals surface area contributed by atoms with Crippen molar-refractivity contribution in [2.75, 3.05) is 19.7 Å². The molecule has 20 heavy (non-hydrogen) atoms. The van der Waals surface area contributed by atoms with Crippen molar-refractivity contribution in [3.05, 3.63) is 34.9 Å². The Morgan fingerprint density at radius 1 is 1.45 bits per heavy atom. The molecule has 2 unspecified atom stereocenters. The molecule has 112 valence electrons. The Balaban J connectivity index is 1.82. The van der Waals surface area contributed by atoms with Gasteiger partial charge in [-0.25, -0.2) is 0 Å². The number of halogens is 1. The molecule has 2 rings (SSSR count). The van der Waals surface area contributed by atoms with E-state index in [1.54, 1.807) is 0 Å². The van der Waals surface area contributed by atoms with Crippen LogP contribution in [0, 0.1) is 0 Å². The normalized spacial score (nSPS) is 21.2. The number of benzene rings is 1. The summed E-state index contributed by atoms with van der Waals surface area (Å²) in [5.74, 6) is 0. The van der Waals surface area contributed by atoms with Crippen LogP contribution >= 0.6 is 11.6 Å². The zero-order valence-corrected chi connectivity index (χ0v) is 12.7. The van der Waals surface area contributed by atoms with Crippen LogP contribution < -0.4 is 5.73 Å². The van der Waals surface area contributed by atoms with E-state index in [1.165, 1.54) is 19.4 Å². The fourth-order valence-electron chi connectivity index (χ4n) is 3.05. The molecular weight excluding hydrogens is 272 g/mol. The van der Waals surface area contributed by atoms with E-state index in [-0.39, 0.29) is 6.04 Å². The fourth-order valence-corrected chi connectivity index (χ4v) is 3.25. The number of hydrogen-bond acceptors (Lipinski definition) is 3. The van der Waals surface area contributed by atoms with Crippen LogP contribution in [0.5, 0.6) is 0 Å². The lowest BCUT2D eigenvalue weighted by Crippen LogP contribution is -2.32. The molecule has 4 heteroatoms. The van der Waals surface area contributed by atoms with Gasteiger partial charge in [0.15, 0.2) is 0 Å². The standard InChI is InChI=1S/C16H25ClN2O/c17-14-5-1-4-13(12-14)16(18)8-10-19-9-2-6-15(19)7-3-11-20/h1,4-5,12,15-16,20H,2-3,6-11,18H2. The SMILES string of the molecule is NC(CCN1CCCC1CCCO)c1cccc(Cl)c1. The average Bonchev–Trinajstić information content (AvgIpc) is 2.90. The molecule has 1 saturated heterocycles. The molecule has 0 amide bonds. The van der Waals surface area contributed by atoms with E-state index in [1.807, 2.05) is 24.3 Å². The van der Waals surface area contributed by atoms with Crippen molar-refractivity contribution < 1.29 is 5.11 Å². The first-order chi connectivity index (χ1) is 9.70. The minimum absolute atomic E-state index is 0.0489. The van der Waals surface area contributed by atoms with Gasteiger partial charge in [0.05, 0.1) is 0 Å². The van der Waals surface area contributed by atoms with Crippen LogP contribution in [-0.2, 0) is 0 Å². The van der Waals surface area contributed by atoms with Crippen molar-refractivity contribution in [2.24, 2.45) is 5.73 Å². The number of aliphatic hydroxyl groups is 1. The second-order valence-electron chi connectivity index (χ2n) is 5.65. The second-order valence-corrected chi connectivity index (χ2v) is 6.08. The molecule has 1 aromatic carbocycles. The van der Waals surface area contributed by atoms with Crippen LogP contribution in [0.2, 0.25) is 5.02 Å². The van der Waals surface area contributed by atoms with E-state index in [0.717, 1.165) is 36.4 Å². The van der Waals surface area contributed by atoms with Gasteiger partial charge in [0, 0.05) is 30.3 Å². The van der Waals surface area contributed by atoms with Crippen LogP contribution in [-0.4, -0.2) is 35.7 Å². The maximum atomic E-state index is 8.95. The third-order valence-corrected chi connectivity index (χ3v) is 4.43. The average molecular weight is 297 g/mol. The highest BCUT2D eigenvalue weighted by Gasteiger charge is 2.24. The molecule has 3 nitrogen and oxygen atoms in total. The summed E-state index contributed by atoms with van der Waals surface area (Å²) in [7, 11) is 0. The monoisotopic (exact) mass is 296 g/mol. The van der Waals surface area contributed by atoms with Gasteiger partial charge in [-0.2, -0.15) is 0 Å². The zero-order valence-electron chi connectivity index (χ0n) is 12.0.